The largest absolute Gasteiger partial charge is 0.469 e. The van der Waals surface area contributed by atoms with Crippen LogP contribution in [0.25, 0.3) is 0 Å². The van der Waals surface area contributed by atoms with Crippen molar-refractivity contribution in [2.24, 2.45) is 0 Å². The lowest BCUT2D eigenvalue weighted by Crippen LogP contribution is -1.99. The van der Waals surface area contributed by atoms with E-state index in [4.69, 9.17) is 0 Å². The van der Waals surface area contributed by atoms with E-state index in [0.29, 0.717) is 6.42 Å². The first-order valence-corrected chi connectivity index (χ1v) is 8.48. The third-order valence-corrected chi connectivity index (χ3v) is 3.33. The van der Waals surface area contributed by atoms with Gasteiger partial charge in [-0.3, -0.25) is 4.79 Å². The second-order valence-corrected chi connectivity index (χ2v) is 5.35. The zero-order valence-electron chi connectivity index (χ0n) is 14.0. The quantitative estimate of drug-likeness (QED) is 0.208. The second kappa shape index (κ2) is 16.8. The zero-order valence-corrected chi connectivity index (χ0v) is 14.0. The Balaban J connectivity index is 3.18. The second-order valence-electron chi connectivity index (χ2n) is 5.35. The lowest BCUT2D eigenvalue weighted by atomic mass is 10.1. The van der Waals surface area contributed by atoms with Gasteiger partial charge in [-0.25, -0.2) is 0 Å². The predicted molar refractivity (Wildman–Crippen MR) is 90.0 cm³/mol. The number of hydrogen-bond acceptors (Lipinski definition) is 2. The normalized spacial score (nSPS) is 10.4. The predicted octanol–water partition coefficient (Wildman–Crippen LogP) is 5.42. The molecule has 0 spiro atoms. The van der Waals surface area contributed by atoms with Crippen LogP contribution in [0.15, 0.2) is 12.2 Å². The molecule has 0 aromatic rings. The minimum absolute atomic E-state index is 0.0838. The van der Waals surface area contributed by atoms with Crippen molar-refractivity contribution in [1.82, 2.24) is 0 Å². The number of esters is 1. The molecule has 0 aliphatic rings. The Kier molecular flexibility index (Phi) is 15.8. The molecule has 0 amide bonds. The van der Waals surface area contributed by atoms with Crippen molar-refractivity contribution in [1.29, 1.82) is 0 Å². The Bertz CT molecular complexity index is 320. The van der Waals surface area contributed by atoms with E-state index in [0.717, 1.165) is 38.5 Å². The molecule has 120 valence electrons. The molecule has 0 fully saturated rings. The van der Waals surface area contributed by atoms with Gasteiger partial charge in [0.1, 0.15) is 0 Å². The molecule has 0 saturated carbocycles. The molecule has 21 heavy (non-hydrogen) atoms. The van der Waals surface area contributed by atoms with E-state index in [1.807, 2.05) is 0 Å². The van der Waals surface area contributed by atoms with Crippen LogP contribution in [-0.2, 0) is 9.53 Å². The van der Waals surface area contributed by atoms with Crippen molar-refractivity contribution in [3.8, 4) is 11.8 Å². The number of carbonyl (C=O) groups is 1. The fourth-order valence-electron chi connectivity index (χ4n) is 2.03. The number of rotatable bonds is 12. The third kappa shape index (κ3) is 16.7. The van der Waals surface area contributed by atoms with Gasteiger partial charge in [0.25, 0.3) is 0 Å². The lowest BCUT2D eigenvalue weighted by Gasteiger charge is -2.00. The van der Waals surface area contributed by atoms with E-state index in [1.165, 1.54) is 39.2 Å². The highest BCUT2D eigenvalue weighted by molar-refractivity contribution is 5.68. The summed E-state index contributed by atoms with van der Waals surface area (Å²) in [7, 11) is 1.45. The maximum absolute atomic E-state index is 10.9. The van der Waals surface area contributed by atoms with Gasteiger partial charge in [-0.2, -0.15) is 0 Å². The smallest absolute Gasteiger partial charge is 0.305 e. The molecule has 0 bridgehead atoms. The summed E-state index contributed by atoms with van der Waals surface area (Å²) in [4.78, 5) is 10.9. The molecule has 0 aromatic carbocycles. The van der Waals surface area contributed by atoms with Crippen molar-refractivity contribution < 1.29 is 9.53 Å². The molecule has 0 aliphatic heterocycles. The molecule has 0 unspecified atom stereocenters. The minimum atomic E-state index is -0.0838. The summed E-state index contributed by atoms with van der Waals surface area (Å²) in [5.41, 5.74) is 0. The van der Waals surface area contributed by atoms with E-state index in [1.54, 1.807) is 0 Å². The average molecular weight is 292 g/mol. The molecule has 2 heteroatoms. The summed E-state index contributed by atoms with van der Waals surface area (Å²) in [6.07, 6.45) is 17.8. The number of carbonyl (C=O) groups excluding carboxylic acids is 1. The summed E-state index contributed by atoms with van der Waals surface area (Å²) < 4.78 is 4.61. The zero-order chi connectivity index (χ0) is 15.6. The number of methoxy groups -OCH3 is 1. The van der Waals surface area contributed by atoms with Crippen LogP contribution in [0.2, 0.25) is 0 Å². The van der Waals surface area contributed by atoms with Crippen LogP contribution in [0, 0.1) is 11.8 Å². The Morgan fingerprint density at radius 3 is 2.24 bits per heavy atom. The van der Waals surface area contributed by atoms with Gasteiger partial charge in [0.15, 0.2) is 0 Å². The van der Waals surface area contributed by atoms with Crippen LogP contribution in [0.5, 0.6) is 0 Å². The van der Waals surface area contributed by atoms with Gasteiger partial charge in [-0.05, 0) is 32.1 Å². The molecular formula is C19H32O2. The molecule has 2 nitrogen and oxygen atoms in total. The van der Waals surface area contributed by atoms with Crippen molar-refractivity contribution >= 4 is 5.97 Å². The van der Waals surface area contributed by atoms with Crippen molar-refractivity contribution in [2.45, 2.75) is 84.0 Å². The van der Waals surface area contributed by atoms with E-state index in [2.05, 4.69) is 35.7 Å². The Morgan fingerprint density at radius 1 is 0.905 bits per heavy atom. The van der Waals surface area contributed by atoms with Gasteiger partial charge < -0.3 is 4.74 Å². The fourth-order valence-corrected chi connectivity index (χ4v) is 2.03. The molecule has 0 aliphatic carbocycles. The number of hydrogen-bond donors (Lipinski definition) is 0. The maximum atomic E-state index is 10.9. The first-order chi connectivity index (χ1) is 10.3. The van der Waals surface area contributed by atoms with Crippen LogP contribution in [0.3, 0.4) is 0 Å². The summed E-state index contributed by atoms with van der Waals surface area (Å²) in [5, 5.41) is 0. The SMILES string of the molecule is CCCC#CCC/C=C\CCCCCCCCC(=O)OC. The monoisotopic (exact) mass is 292 g/mol. The van der Waals surface area contributed by atoms with Crippen LogP contribution in [-0.4, -0.2) is 13.1 Å². The van der Waals surface area contributed by atoms with Gasteiger partial charge >= 0.3 is 5.97 Å². The third-order valence-electron chi connectivity index (χ3n) is 3.33. The Hall–Kier alpha value is -1.23. The molecule has 0 atom stereocenters. The highest BCUT2D eigenvalue weighted by Gasteiger charge is 1.98. The van der Waals surface area contributed by atoms with Gasteiger partial charge in [0.2, 0.25) is 0 Å². The maximum Gasteiger partial charge on any atom is 0.305 e. The van der Waals surface area contributed by atoms with Crippen molar-refractivity contribution in [3.05, 3.63) is 12.2 Å². The van der Waals surface area contributed by atoms with Crippen LogP contribution >= 0.6 is 0 Å². The van der Waals surface area contributed by atoms with Crippen LogP contribution in [0.4, 0.5) is 0 Å². The molecule has 0 N–H and O–H groups in total. The first-order valence-electron chi connectivity index (χ1n) is 8.48. The van der Waals surface area contributed by atoms with Gasteiger partial charge in [0.05, 0.1) is 7.11 Å². The number of allylic oxidation sites excluding steroid dienone is 2. The molecule has 0 rings (SSSR count). The van der Waals surface area contributed by atoms with E-state index in [-0.39, 0.29) is 5.97 Å². The minimum Gasteiger partial charge on any atom is -0.469 e. The summed E-state index contributed by atoms with van der Waals surface area (Å²) in [6.45, 7) is 2.16. The molecule has 0 aromatic heterocycles. The first kappa shape index (κ1) is 19.8. The average Bonchev–Trinajstić information content (AvgIpc) is 2.50. The fraction of sp³-hybridized carbons (Fsp3) is 0.737. The number of ether oxygens (including phenoxy) is 1. The van der Waals surface area contributed by atoms with E-state index in [9.17, 15) is 4.79 Å². The van der Waals surface area contributed by atoms with E-state index < -0.39 is 0 Å². The number of unbranched alkanes of at least 4 members (excludes halogenated alkanes) is 8. The molecule has 0 radical (unpaired) electrons. The molecule has 0 saturated heterocycles. The molecule has 0 heterocycles. The summed E-state index contributed by atoms with van der Waals surface area (Å²) >= 11 is 0. The summed E-state index contributed by atoms with van der Waals surface area (Å²) in [6, 6.07) is 0. The van der Waals surface area contributed by atoms with Gasteiger partial charge in [-0.15, -0.1) is 11.8 Å². The van der Waals surface area contributed by atoms with Crippen molar-refractivity contribution in [3.63, 3.8) is 0 Å². The van der Waals surface area contributed by atoms with Gasteiger partial charge in [0, 0.05) is 19.3 Å². The highest BCUT2D eigenvalue weighted by atomic mass is 16.5. The lowest BCUT2D eigenvalue weighted by molar-refractivity contribution is -0.140. The highest BCUT2D eigenvalue weighted by Crippen LogP contribution is 2.09. The Morgan fingerprint density at radius 2 is 1.52 bits per heavy atom. The van der Waals surface area contributed by atoms with E-state index >= 15 is 0 Å². The van der Waals surface area contributed by atoms with Crippen LogP contribution < -0.4 is 0 Å². The Labute approximate surface area is 131 Å². The van der Waals surface area contributed by atoms with Gasteiger partial charge in [-0.1, -0.05) is 44.8 Å². The van der Waals surface area contributed by atoms with Crippen molar-refractivity contribution in [2.75, 3.05) is 7.11 Å². The topological polar surface area (TPSA) is 26.3 Å². The standard InChI is InChI=1S/C19H32O2/c1-3-4-5-6-7-8-9-10-11-12-13-14-15-16-17-18-19(20)21-2/h9-10H,3-4,7-8,11-18H2,1-2H3/b10-9-. The van der Waals surface area contributed by atoms with Crippen LogP contribution in [0.1, 0.15) is 84.0 Å². The summed E-state index contributed by atoms with van der Waals surface area (Å²) in [5.74, 6) is 6.28. The molecular weight excluding hydrogens is 260 g/mol.